The number of likely N-dealkylation sites (tertiary alicyclic amines) is 1. The Morgan fingerprint density at radius 1 is 1.38 bits per heavy atom. The van der Waals surface area contributed by atoms with Gasteiger partial charge in [-0.1, -0.05) is 0 Å². The molecule has 1 unspecified atom stereocenters. The Morgan fingerprint density at radius 3 is 3.00 bits per heavy atom. The number of thiazole rings is 1. The molecule has 1 aliphatic rings. The normalized spacial score (nSPS) is 17.6. The summed E-state index contributed by atoms with van der Waals surface area (Å²) in [5, 5.41) is 13.0. The van der Waals surface area contributed by atoms with Crippen LogP contribution in [-0.2, 0) is 13.6 Å². The quantitative estimate of drug-likeness (QED) is 0.699. The molecule has 0 radical (unpaired) electrons. The van der Waals surface area contributed by atoms with Gasteiger partial charge in [0.15, 0.2) is 5.82 Å². The van der Waals surface area contributed by atoms with Gasteiger partial charge < -0.3 is 9.47 Å². The first-order valence-electron chi connectivity index (χ1n) is 8.68. The molecule has 136 valence electrons. The molecule has 0 aromatic carbocycles. The van der Waals surface area contributed by atoms with Gasteiger partial charge in [-0.2, -0.15) is 5.10 Å². The molecule has 0 saturated carbocycles. The molecule has 9 heteroatoms. The number of aryl methyl sites for hydroxylation is 1. The van der Waals surface area contributed by atoms with Crippen LogP contribution in [0.3, 0.4) is 0 Å². The van der Waals surface area contributed by atoms with Gasteiger partial charge in [-0.15, -0.1) is 21.5 Å². The van der Waals surface area contributed by atoms with Crippen LogP contribution in [0, 0.1) is 6.92 Å². The minimum absolute atomic E-state index is 0.0774. The number of hydrogen-bond acceptors (Lipinski definition) is 6. The lowest BCUT2D eigenvalue weighted by Gasteiger charge is -2.32. The van der Waals surface area contributed by atoms with Crippen molar-refractivity contribution in [3.05, 3.63) is 46.2 Å². The number of amides is 1. The third-order valence-corrected chi connectivity index (χ3v) is 5.79. The number of rotatable bonds is 4. The first-order valence-corrected chi connectivity index (χ1v) is 9.56. The number of piperidine rings is 1. The Hall–Kier alpha value is -2.55. The summed E-state index contributed by atoms with van der Waals surface area (Å²) < 4.78 is 3.87. The van der Waals surface area contributed by atoms with Crippen LogP contribution in [0.5, 0.6) is 0 Å². The predicted molar refractivity (Wildman–Crippen MR) is 97.1 cm³/mol. The largest absolute Gasteiger partial charge is 0.337 e. The van der Waals surface area contributed by atoms with Gasteiger partial charge in [0.1, 0.15) is 17.2 Å². The lowest BCUT2D eigenvalue weighted by molar-refractivity contribution is 0.0707. The van der Waals surface area contributed by atoms with Crippen molar-refractivity contribution in [1.29, 1.82) is 0 Å². The maximum Gasteiger partial charge on any atom is 0.265 e. The average Bonchev–Trinajstić information content (AvgIpc) is 3.38. The highest BCUT2D eigenvalue weighted by atomic mass is 32.1. The van der Waals surface area contributed by atoms with E-state index in [0.29, 0.717) is 13.1 Å². The molecule has 0 N–H and O–H groups in total. The van der Waals surface area contributed by atoms with Crippen molar-refractivity contribution in [2.24, 2.45) is 7.05 Å². The Bertz CT molecular complexity index is 898. The van der Waals surface area contributed by atoms with Crippen LogP contribution in [0.4, 0.5) is 0 Å². The highest BCUT2D eigenvalue weighted by Gasteiger charge is 2.30. The standard InChI is InChI=1S/C17H21N7OS/c1-12-15(26-11-18-12)17(25)23-7-3-5-13(9-23)16-21-20-14(22(16)2)10-24-8-4-6-19-24/h4,6,8,11,13H,3,5,7,9-10H2,1-2H3. The molecule has 1 aliphatic heterocycles. The van der Waals surface area contributed by atoms with Gasteiger partial charge in [-0.25, -0.2) is 4.98 Å². The number of carbonyl (C=O) groups excluding carboxylic acids is 1. The van der Waals surface area contributed by atoms with E-state index < -0.39 is 0 Å². The fourth-order valence-corrected chi connectivity index (χ4v) is 4.20. The molecule has 3 aromatic rings. The van der Waals surface area contributed by atoms with Crippen LogP contribution < -0.4 is 0 Å². The summed E-state index contributed by atoms with van der Waals surface area (Å²) in [5.41, 5.74) is 2.54. The molecule has 1 atom stereocenters. The van der Waals surface area contributed by atoms with Gasteiger partial charge in [0.05, 0.1) is 11.2 Å². The SMILES string of the molecule is Cc1ncsc1C(=O)N1CCCC(c2nnc(Cn3cccn3)n2C)C1. The molecule has 1 fully saturated rings. The number of carbonyl (C=O) groups is 1. The maximum atomic E-state index is 12.8. The summed E-state index contributed by atoms with van der Waals surface area (Å²) in [4.78, 5) is 19.7. The zero-order valence-corrected chi connectivity index (χ0v) is 15.7. The van der Waals surface area contributed by atoms with E-state index in [9.17, 15) is 4.79 Å². The van der Waals surface area contributed by atoms with E-state index >= 15 is 0 Å². The Kier molecular flexibility index (Phi) is 4.54. The van der Waals surface area contributed by atoms with Crippen molar-refractivity contribution in [1.82, 2.24) is 34.4 Å². The van der Waals surface area contributed by atoms with Crippen molar-refractivity contribution in [2.45, 2.75) is 32.2 Å². The molecule has 0 spiro atoms. The van der Waals surface area contributed by atoms with E-state index in [1.807, 2.05) is 40.4 Å². The molecule has 3 aromatic heterocycles. The summed E-state index contributed by atoms with van der Waals surface area (Å²) in [5.74, 6) is 2.08. The van der Waals surface area contributed by atoms with Crippen molar-refractivity contribution >= 4 is 17.2 Å². The van der Waals surface area contributed by atoms with Crippen molar-refractivity contribution < 1.29 is 4.79 Å². The maximum absolute atomic E-state index is 12.8. The van der Waals surface area contributed by atoms with Crippen LogP contribution in [0.2, 0.25) is 0 Å². The fraction of sp³-hybridized carbons (Fsp3) is 0.471. The molecule has 0 bridgehead atoms. The van der Waals surface area contributed by atoms with E-state index in [1.165, 1.54) is 11.3 Å². The monoisotopic (exact) mass is 371 g/mol. The van der Waals surface area contributed by atoms with Crippen LogP contribution in [0.15, 0.2) is 24.0 Å². The first kappa shape index (κ1) is 16.9. The molecule has 4 heterocycles. The van der Waals surface area contributed by atoms with Gasteiger partial charge in [0.25, 0.3) is 5.91 Å². The van der Waals surface area contributed by atoms with Crippen LogP contribution in [0.1, 0.15) is 45.8 Å². The summed E-state index contributed by atoms with van der Waals surface area (Å²) in [6.45, 7) is 3.93. The smallest absolute Gasteiger partial charge is 0.265 e. The lowest BCUT2D eigenvalue weighted by Crippen LogP contribution is -2.39. The Labute approximate surface area is 155 Å². The van der Waals surface area contributed by atoms with E-state index in [1.54, 1.807) is 11.7 Å². The van der Waals surface area contributed by atoms with Gasteiger partial charge in [0, 0.05) is 38.4 Å². The molecular weight excluding hydrogens is 350 g/mol. The van der Waals surface area contributed by atoms with E-state index in [0.717, 1.165) is 41.6 Å². The molecule has 4 rings (SSSR count). The summed E-state index contributed by atoms with van der Waals surface area (Å²) in [6.07, 6.45) is 5.64. The fourth-order valence-electron chi connectivity index (χ4n) is 3.43. The topological polar surface area (TPSA) is 81.7 Å². The number of nitrogens with zero attached hydrogens (tertiary/aromatic N) is 7. The minimum atomic E-state index is 0.0774. The summed E-state index contributed by atoms with van der Waals surface area (Å²) in [6, 6.07) is 1.89. The summed E-state index contributed by atoms with van der Waals surface area (Å²) in [7, 11) is 1.99. The second-order valence-corrected chi connectivity index (χ2v) is 7.45. The molecular formula is C17H21N7OS. The Morgan fingerprint density at radius 2 is 2.27 bits per heavy atom. The molecule has 26 heavy (non-hydrogen) atoms. The number of aromatic nitrogens is 6. The van der Waals surface area contributed by atoms with Crippen LogP contribution in [0.25, 0.3) is 0 Å². The Balaban J connectivity index is 1.50. The predicted octanol–water partition coefficient (Wildman–Crippen LogP) is 1.84. The van der Waals surface area contributed by atoms with Crippen molar-refractivity contribution in [3.8, 4) is 0 Å². The minimum Gasteiger partial charge on any atom is -0.337 e. The third-order valence-electron chi connectivity index (χ3n) is 4.87. The molecule has 0 aliphatic carbocycles. The molecule has 1 saturated heterocycles. The summed E-state index contributed by atoms with van der Waals surface area (Å²) >= 11 is 1.41. The third kappa shape index (κ3) is 3.14. The van der Waals surface area contributed by atoms with Crippen molar-refractivity contribution in [3.63, 3.8) is 0 Å². The zero-order chi connectivity index (χ0) is 18.1. The van der Waals surface area contributed by atoms with E-state index in [-0.39, 0.29) is 11.8 Å². The first-order chi connectivity index (χ1) is 12.6. The average molecular weight is 371 g/mol. The zero-order valence-electron chi connectivity index (χ0n) is 14.9. The van der Waals surface area contributed by atoms with Crippen LogP contribution >= 0.6 is 11.3 Å². The number of hydrogen-bond donors (Lipinski definition) is 0. The van der Waals surface area contributed by atoms with Gasteiger partial charge >= 0.3 is 0 Å². The second kappa shape index (κ2) is 6.99. The van der Waals surface area contributed by atoms with E-state index in [2.05, 4.69) is 20.3 Å². The molecule has 1 amide bonds. The highest BCUT2D eigenvalue weighted by molar-refractivity contribution is 7.11. The lowest BCUT2D eigenvalue weighted by atomic mass is 9.97. The van der Waals surface area contributed by atoms with Crippen LogP contribution in [-0.4, -0.2) is 53.4 Å². The second-order valence-electron chi connectivity index (χ2n) is 6.59. The highest BCUT2D eigenvalue weighted by Crippen LogP contribution is 2.28. The molecule has 8 nitrogen and oxygen atoms in total. The van der Waals surface area contributed by atoms with Crippen molar-refractivity contribution in [2.75, 3.05) is 13.1 Å². The van der Waals surface area contributed by atoms with E-state index in [4.69, 9.17) is 0 Å². The van der Waals surface area contributed by atoms with Gasteiger partial charge in [-0.05, 0) is 25.8 Å². The van der Waals surface area contributed by atoms with Gasteiger partial charge in [-0.3, -0.25) is 9.48 Å². The van der Waals surface area contributed by atoms with Gasteiger partial charge in [0.2, 0.25) is 0 Å².